The van der Waals surface area contributed by atoms with Crippen LogP contribution in [0.3, 0.4) is 0 Å². The van der Waals surface area contributed by atoms with Gasteiger partial charge in [-0.15, -0.1) is 4.40 Å². The Balaban J connectivity index is 1.88. The first kappa shape index (κ1) is 22.2. The molecule has 2 heterocycles. The van der Waals surface area contributed by atoms with Gasteiger partial charge in [-0.1, -0.05) is 62.2 Å². The Morgan fingerprint density at radius 1 is 1.12 bits per heavy atom. The number of pyridine rings is 1. The number of hydrogen-bond donors (Lipinski definition) is 5. The number of para-hydroxylation sites is 2. The van der Waals surface area contributed by atoms with E-state index in [9.17, 15) is 19.0 Å². The maximum absolute atomic E-state index is 13.6. The van der Waals surface area contributed by atoms with E-state index in [2.05, 4.69) is 35.9 Å². The van der Waals surface area contributed by atoms with Crippen molar-refractivity contribution in [3.8, 4) is 5.75 Å². The third-order valence-electron chi connectivity index (χ3n) is 5.92. The van der Waals surface area contributed by atoms with Crippen molar-refractivity contribution < 1.29 is 14.2 Å². The summed E-state index contributed by atoms with van der Waals surface area (Å²) in [4.78, 5) is 13.8. The molecule has 0 radical (unpaired) electrons. The molecule has 0 saturated carbocycles. The summed E-state index contributed by atoms with van der Waals surface area (Å²) < 4.78 is 26.6. The maximum Gasteiger partial charge on any atom is 0.284 e. The van der Waals surface area contributed by atoms with Gasteiger partial charge in [0.1, 0.15) is 16.2 Å². The van der Waals surface area contributed by atoms with E-state index in [0.29, 0.717) is 35.0 Å². The number of rotatable bonds is 6. The van der Waals surface area contributed by atoms with Crippen LogP contribution in [0.15, 0.2) is 62.6 Å². The first-order valence-corrected chi connectivity index (χ1v) is 12.1. The molecule has 0 saturated heterocycles. The quantitative estimate of drug-likeness (QED) is 0.362. The third-order valence-corrected chi connectivity index (χ3v) is 7.31. The minimum Gasteiger partial charge on any atom is -0.506 e. The lowest BCUT2D eigenvalue weighted by Gasteiger charge is -2.34. The molecule has 170 valence electrons. The zero-order valence-electron chi connectivity index (χ0n) is 18.2. The summed E-state index contributed by atoms with van der Waals surface area (Å²) in [5.74, 6) is 0.436. The van der Waals surface area contributed by atoms with Gasteiger partial charge in [-0.3, -0.25) is 13.9 Å². The van der Waals surface area contributed by atoms with Crippen molar-refractivity contribution in [2.24, 2.45) is 16.2 Å². The fraction of sp³-hybridized carbons (Fsp3) is 0.304. The van der Waals surface area contributed by atoms with Crippen LogP contribution in [-0.2, 0) is 0 Å². The maximum atomic E-state index is 13.6. The largest absolute Gasteiger partial charge is 0.506 e. The summed E-state index contributed by atoms with van der Waals surface area (Å²) in [7, 11) is -3.53. The number of amidine groups is 1. The van der Waals surface area contributed by atoms with Crippen molar-refractivity contribution in [2.45, 2.75) is 32.1 Å². The van der Waals surface area contributed by atoms with Crippen molar-refractivity contribution in [3.63, 3.8) is 0 Å². The smallest absolute Gasteiger partial charge is 0.284 e. The lowest BCUT2D eigenvalue weighted by atomic mass is 9.93. The Kier molecular flexibility index (Phi) is 5.89. The lowest BCUT2D eigenvalue weighted by molar-refractivity contribution is 0.382. The van der Waals surface area contributed by atoms with Gasteiger partial charge in [0, 0.05) is 11.9 Å². The molecule has 8 nitrogen and oxygen atoms in total. The van der Waals surface area contributed by atoms with Gasteiger partial charge in [-0.2, -0.15) is 0 Å². The molecule has 1 aromatic heterocycles. The Labute approximate surface area is 188 Å². The van der Waals surface area contributed by atoms with Crippen LogP contribution in [0, 0.1) is 11.8 Å². The van der Waals surface area contributed by atoms with E-state index in [0.717, 1.165) is 6.42 Å². The number of fused-ring (bicyclic) bond motifs is 2. The zero-order chi connectivity index (χ0) is 23.0. The number of nitrogens with one attached hydrogen (secondary N) is 2. The molecular formula is C23H28N4O4S. The summed E-state index contributed by atoms with van der Waals surface area (Å²) in [6.45, 7) is 6.96. The summed E-state index contributed by atoms with van der Waals surface area (Å²) in [5, 5.41) is 14.5. The number of aromatic nitrogens is 1. The summed E-state index contributed by atoms with van der Waals surface area (Å²) in [6.07, 6.45) is 0.953. The number of aromatic hydroxyl groups is 1. The monoisotopic (exact) mass is 456 g/mol. The molecule has 1 aliphatic heterocycles. The van der Waals surface area contributed by atoms with Crippen molar-refractivity contribution in [2.75, 3.05) is 17.3 Å². The molecule has 0 unspecified atom stereocenters. The van der Waals surface area contributed by atoms with Gasteiger partial charge in [0.25, 0.3) is 5.56 Å². The molecule has 0 amide bonds. The minimum atomic E-state index is -3.53. The van der Waals surface area contributed by atoms with Crippen molar-refractivity contribution >= 4 is 33.2 Å². The van der Waals surface area contributed by atoms with Gasteiger partial charge >= 0.3 is 0 Å². The Morgan fingerprint density at radius 2 is 1.81 bits per heavy atom. The van der Waals surface area contributed by atoms with Crippen LogP contribution in [0.4, 0.5) is 5.69 Å². The van der Waals surface area contributed by atoms with Crippen molar-refractivity contribution in [3.05, 3.63) is 64.4 Å². The van der Waals surface area contributed by atoms with Crippen LogP contribution in [0.2, 0.25) is 0 Å². The van der Waals surface area contributed by atoms with E-state index in [1.807, 2.05) is 0 Å². The summed E-state index contributed by atoms with van der Waals surface area (Å²) in [5.41, 5.74) is 3.53. The van der Waals surface area contributed by atoms with Gasteiger partial charge in [0.2, 0.25) is 0 Å². The molecule has 2 aromatic carbocycles. The molecule has 0 bridgehead atoms. The highest BCUT2D eigenvalue weighted by molar-refractivity contribution is 8.23. The van der Waals surface area contributed by atoms with Crippen molar-refractivity contribution in [1.82, 2.24) is 4.68 Å². The first-order valence-electron chi connectivity index (χ1n) is 10.6. The fourth-order valence-electron chi connectivity index (χ4n) is 4.00. The minimum absolute atomic E-state index is 0.0802. The zero-order valence-corrected chi connectivity index (χ0v) is 19.1. The summed E-state index contributed by atoms with van der Waals surface area (Å²) in [6, 6.07) is 13.7. The van der Waals surface area contributed by atoms with Gasteiger partial charge in [-0.05, 0) is 36.1 Å². The van der Waals surface area contributed by atoms with Crippen molar-refractivity contribution in [1.29, 1.82) is 0 Å². The van der Waals surface area contributed by atoms with Gasteiger partial charge in [-0.25, -0.2) is 4.68 Å². The Bertz CT molecular complexity index is 1250. The molecule has 32 heavy (non-hydrogen) atoms. The second-order valence-electron chi connectivity index (χ2n) is 8.24. The number of nitrogens with zero attached hydrogens (tertiary/aromatic N) is 2. The molecule has 4 rings (SSSR count). The number of benzene rings is 2. The first-order chi connectivity index (χ1) is 15.2. The van der Waals surface area contributed by atoms with E-state index in [1.165, 1.54) is 4.68 Å². The second kappa shape index (κ2) is 8.50. The molecule has 3 aromatic rings. The summed E-state index contributed by atoms with van der Waals surface area (Å²) >= 11 is 0. The van der Waals surface area contributed by atoms with Gasteiger partial charge in [0.05, 0.1) is 11.2 Å². The molecule has 0 fully saturated rings. The highest BCUT2D eigenvalue weighted by Crippen LogP contribution is 2.55. The van der Waals surface area contributed by atoms with E-state index in [1.54, 1.807) is 48.5 Å². The lowest BCUT2D eigenvalue weighted by Crippen LogP contribution is -2.38. The van der Waals surface area contributed by atoms with E-state index >= 15 is 0 Å². The topological polar surface area (TPSA) is 119 Å². The average Bonchev–Trinajstić information content (AvgIpc) is 2.75. The highest BCUT2D eigenvalue weighted by atomic mass is 32.3. The van der Waals surface area contributed by atoms with Gasteiger partial charge < -0.3 is 15.8 Å². The second-order valence-corrected chi connectivity index (χ2v) is 9.90. The van der Waals surface area contributed by atoms with Crippen LogP contribution in [0.25, 0.3) is 10.9 Å². The van der Waals surface area contributed by atoms with E-state index in [-0.39, 0.29) is 22.0 Å². The average molecular weight is 457 g/mol. The van der Waals surface area contributed by atoms with E-state index < -0.39 is 16.3 Å². The van der Waals surface area contributed by atoms with Crippen LogP contribution in [0.1, 0.15) is 32.8 Å². The molecule has 0 aliphatic carbocycles. The highest BCUT2D eigenvalue weighted by Gasteiger charge is 2.30. The fourth-order valence-corrected chi connectivity index (χ4v) is 5.17. The van der Waals surface area contributed by atoms with Crippen LogP contribution < -0.4 is 16.3 Å². The molecule has 9 heteroatoms. The normalized spacial score (nSPS) is 16.8. The molecule has 0 spiro atoms. The number of hydrogen-bond acceptors (Lipinski definition) is 7. The van der Waals surface area contributed by atoms with Crippen LogP contribution >= 0.6 is 10.8 Å². The standard InChI is InChI=1S/C23H28N4O4S/c1-4-15(14(2)3)13-24-27-18-11-7-5-9-16(18)21(28)20(23(27)29)22-25-17-10-6-8-12-19(17)32(30,31)26-22/h5-12,14-15,24,28,30-31H,4,13H2,1-3H3,(H,25,26)/t15-/m0/s1. The molecular weight excluding hydrogens is 428 g/mol. The van der Waals surface area contributed by atoms with Crippen LogP contribution in [-0.4, -0.2) is 31.3 Å². The van der Waals surface area contributed by atoms with E-state index in [4.69, 9.17) is 0 Å². The molecule has 5 N–H and O–H groups in total. The molecule has 1 atom stereocenters. The van der Waals surface area contributed by atoms with Crippen LogP contribution in [0.5, 0.6) is 5.75 Å². The third kappa shape index (κ3) is 3.83. The molecule has 1 aliphatic rings. The Morgan fingerprint density at radius 3 is 2.53 bits per heavy atom. The SMILES string of the molecule is CC[C@@H](CNn1c(=O)c(C2=NS(O)(O)c3ccccc3N2)c(O)c2ccccc21)C(C)C. The predicted molar refractivity (Wildman–Crippen MR) is 130 cm³/mol. The Hall–Kier alpha value is -3.01. The predicted octanol–water partition coefficient (Wildman–Crippen LogP) is 4.83. The number of anilines is 1. The van der Waals surface area contributed by atoms with Gasteiger partial charge in [0.15, 0.2) is 5.84 Å².